The molecule has 2 aromatic carbocycles. The molecule has 0 saturated carbocycles. The van der Waals surface area contributed by atoms with E-state index < -0.39 is 28.6 Å². The van der Waals surface area contributed by atoms with Crippen molar-refractivity contribution in [1.82, 2.24) is 9.88 Å². The molecule has 2 saturated heterocycles. The van der Waals surface area contributed by atoms with Crippen molar-refractivity contribution >= 4 is 29.1 Å². The SMILES string of the molecule is O=C(c1cnccc1C(F)(F)F)N1CCC2(CC1)C(=O)N(c1ccccc1)C2c1ccc(Cl)cc1. The van der Waals surface area contributed by atoms with Crippen molar-refractivity contribution in [1.29, 1.82) is 0 Å². The third-order valence-corrected chi connectivity index (χ3v) is 7.20. The second-order valence-corrected chi connectivity index (χ2v) is 9.27. The number of carbonyl (C=O) groups is 2. The summed E-state index contributed by atoms with van der Waals surface area (Å²) in [4.78, 5) is 33.4. The molecule has 5 rings (SSSR count). The molecule has 35 heavy (non-hydrogen) atoms. The minimum atomic E-state index is -4.66. The zero-order valence-corrected chi connectivity index (χ0v) is 19.3. The smallest absolute Gasteiger partial charge is 0.339 e. The largest absolute Gasteiger partial charge is 0.417 e. The highest BCUT2D eigenvalue weighted by atomic mass is 35.5. The third kappa shape index (κ3) is 3.95. The zero-order chi connectivity index (χ0) is 24.8. The van der Waals surface area contributed by atoms with Crippen LogP contribution in [0.1, 0.15) is 40.4 Å². The summed E-state index contributed by atoms with van der Waals surface area (Å²) in [5.41, 5.74) is -0.540. The van der Waals surface area contributed by atoms with Crippen LogP contribution in [-0.2, 0) is 11.0 Å². The number of anilines is 1. The Labute approximate surface area is 205 Å². The number of nitrogens with zero attached hydrogens (tertiary/aromatic N) is 3. The summed E-state index contributed by atoms with van der Waals surface area (Å²) in [7, 11) is 0. The first-order valence-corrected chi connectivity index (χ1v) is 11.5. The maximum Gasteiger partial charge on any atom is 0.417 e. The van der Waals surface area contributed by atoms with E-state index in [0.29, 0.717) is 17.9 Å². The summed E-state index contributed by atoms with van der Waals surface area (Å²) in [6.07, 6.45) is -2.00. The van der Waals surface area contributed by atoms with Crippen LogP contribution < -0.4 is 4.90 Å². The van der Waals surface area contributed by atoms with Crippen LogP contribution in [0.3, 0.4) is 0 Å². The highest BCUT2D eigenvalue weighted by molar-refractivity contribution is 6.30. The lowest BCUT2D eigenvalue weighted by Gasteiger charge is -2.59. The van der Waals surface area contributed by atoms with E-state index in [9.17, 15) is 22.8 Å². The minimum Gasteiger partial charge on any atom is -0.339 e. The quantitative estimate of drug-likeness (QED) is 0.430. The van der Waals surface area contributed by atoms with Gasteiger partial charge in [-0.15, -0.1) is 0 Å². The third-order valence-electron chi connectivity index (χ3n) is 6.95. The van der Waals surface area contributed by atoms with Crippen LogP contribution in [0.25, 0.3) is 0 Å². The van der Waals surface area contributed by atoms with Crippen molar-refractivity contribution in [3.05, 3.63) is 94.8 Å². The Balaban J connectivity index is 1.42. The van der Waals surface area contributed by atoms with Gasteiger partial charge >= 0.3 is 6.18 Å². The van der Waals surface area contributed by atoms with E-state index in [0.717, 1.165) is 29.7 Å². The lowest BCUT2D eigenvalue weighted by molar-refractivity contribution is -0.144. The first kappa shape index (κ1) is 23.4. The van der Waals surface area contributed by atoms with E-state index in [1.165, 1.54) is 4.90 Å². The maximum atomic E-state index is 13.6. The summed E-state index contributed by atoms with van der Waals surface area (Å²) in [5.74, 6) is -0.775. The number of benzene rings is 2. The Bertz CT molecular complexity index is 1260. The van der Waals surface area contributed by atoms with Gasteiger partial charge in [0, 0.05) is 36.2 Å². The fourth-order valence-corrected chi connectivity index (χ4v) is 5.33. The van der Waals surface area contributed by atoms with Crippen LogP contribution in [-0.4, -0.2) is 34.8 Å². The second-order valence-electron chi connectivity index (χ2n) is 8.83. The van der Waals surface area contributed by atoms with Crippen molar-refractivity contribution in [2.45, 2.75) is 25.1 Å². The monoisotopic (exact) mass is 499 g/mol. The molecule has 0 N–H and O–H groups in total. The highest BCUT2D eigenvalue weighted by Crippen LogP contribution is 2.57. The number of aromatic nitrogens is 1. The highest BCUT2D eigenvalue weighted by Gasteiger charge is 2.62. The number of alkyl halides is 3. The van der Waals surface area contributed by atoms with Gasteiger partial charge in [0.25, 0.3) is 5.91 Å². The van der Waals surface area contributed by atoms with Gasteiger partial charge in [-0.3, -0.25) is 14.6 Å². The van der Waals surface area contributed by atoms with Crippen molar-refractivity contribution in [2.24, 2.45) is 5.41 Å². The molecule has 3 aromatic rings. The van der Waals surface area contributed by atoms with Gasteiger partial charge in [0.2, 0.25) is 5.91 Å². The number of piperidine rings is 1. The molecule has 2 aliphatic rings. The average molecular weight is 500 g/mol. The van der Waals surface area contributed by atoms with Gasteiger partial charge < -0.3 is 9.80 Å². The average Bonchev–Trinajstić information content (AvgIpc) is 2.87. The molecule has 1 spiro atoms. The summed E-state index contributed by atoms with van der Waals surface area (Å²) in [6.45, 7) is 0.340. The van der Waals surface area contributed by atoms with Gasteiger partial charge in [0.15, 0.2) is 0 Å². The summed E-state index contributed by atoms with van der Waals surface area (Å²) in [6, 6.07) is 17.2. The fourth-order valence-electron chi connectivity index (χ4n) is 5.20. The summed E-state index contributed by atoms with van der Waals surface area (Å²) >= 11 is 6.08. The van der Waals surface area contributed by atoms with Gasteiger partial charge in [-0.1, -0.05) is 41.9 Å². The number of amides is 2. The number of β-lactam (4-membered cyclic amide) rings is 1. The molecule has 2 aliphatic heterocycles. The standard InChI is InChI=1S/C26H21ClF3N3O2/c27-18-8-6-17(7-9-18)22-25(24(35)33(22)19-4-2-1-3-5-19)11-14-32(15-12-25)23(34)20-16-31-13-10-21(20)26(28,29)30/h1-10,13,16,22H,11-12,14-15H2. The van der Waals surface area contributed by atoms with E-state index in [2.05, 4.69) is 4.98 Å². The lowest BCUT2D eigenvalue weighted by atomic mass is 9.62. The topological polar surface area (TPSA) is 53.5 Å². The number of hydrogen-bond acceptors (Lipinski definition) is 3. The molecular weight excluding hydrogens is 479 g/mol. The van der Waals surface area contributed by atoms with E-state index in [1.54, 1.807) is 17.0 Å². The van der Waals surface area contributed by atoms with Gasteiger partial charge in [0.1, 0.15) is 0 Å². The van der Waals surface area contributed by atoms with E-state index in [4.69, 9.17) is 11.6 Å². The molecule has 5 nitrogen and oxygen atoms in total. The molecule has 0 bridgehead atoms. The van der Waals surface area contributed by atoms with Gasteiger partial charge in [-0.25, -0.2) is 0 Å². The van der Waals surface area contributed by atoms with Gasteiger partial charge in [-0.2, -0.15) is 13.2 Å². The molecule has 2 amide bonds. The van der Waals surface area contributed by atoms with Gasteiger partial charge in [-0.05, 0) is 48.7 Å². The molecule has 1 atom stereocenters. The zero-order valence-electron chi connectivity index (χ0n) is 18.5. The van der Waals surface area contributed by atoms with Crippen LogP contribution in [0, 0.1) is 5.41 Å². The predicted octanol–water partition coefficient (Wildman–Crippen LogP) is 5.76. The molecule has 9 heteroatoms. The second kappa shape index (κ2) is 8.68. The Hall–Kier alpha value is -3.39. The number of likely N-dealkylation sites (tertiary alicyclic amines) is 1. The molecule has 1 aromatic heterocycles. The van der Waals surface area contributed by atoms with Crippen LogP contribution >= 0.6 is 11.6 Å². The Morgan fingerprint density at radius 2 is 1.66 bits per heavy atom. The van der Waals surface area contributed by atoms with Crippen molar-refractivity contribution in [3.63, 3.8) is 0 Å². The molecule has 1 unspecified atom stereocenters. The molecule has 180 valence electrons. The van der Waals surface area contributed by atoms with Crippen molar-refractivity contribution in [3.8, 4) is 0 Å². The Kier molecular flexibility index (Phi) is 5.79. The number of halogens is 4. The van der Waals surface area contributed by atoms with Gasteiger partial charge in [0.05, 0.1) is 22.6 Å². The first-order valence-electron chi connectivity index (χ1n) is 11.2. The van der Waals surface area contributed by atoms with E-state index in [-0.39, 0.29) is 25.0 Å². The van der Waals surface area contributed by atoms with Crippen molar-refractivity contribution < 1.29 is 22.8 Å². The van der Waals surface area contributed by atoms with Crippen molar-refractivity contribution in [2.75, 3.05) is 18.0 Å². The lowest BCUT2D eigenvalue weighted by Crippen LogP contribution is -2.67. The number of hydrogen-bond donors (Lipinski definition) is 0. The number of para-hydroxylation sites is 1. The summed E-state index contributed by atoms with van der Waals surface area (Å²) < 4.78 is 40.3. The number of pyridine rings is 1. The Morgan fingerprint density at radius 1 is 1.00 bits per heavy atom. The first-order chi connectivity index (χ1) is 16.7. The normalized spacial score (nSPS) is 19.5. The molecule has 2 fully saturated rings. The number of carbonyl (C=O) groups excluding carboxylic acids is 2. The van der Waals surface area contributed by atoms with Crippen LogP contribution in [0.5, 0.6) is 0 Å². The van der Waals surface area contributed by atoms with E-state index in [1.807, 2.05) is 42.5 Å². The molecule has 3 heterocycles. The molecular formula is C26H21ClF3N3O2. The predicted molar refractivity (Wildman–Crippen MR) is 125 cm³/mol. The summed E-state index contributed by atoms with van der Waals surface area (Å²) in [5, 5.41) is 0.581. The fraction of sp³-hybridized carbons (Fsp3) is 0.269. The van der Waals surface area contributed by atoms with E-state index >= 15 is 0 Å². The molecule has 0 aliphatic carbocycles. The minimum absolute atomic E-state index is 0.0480. The maximum absolute atomic E-state index is 13.6. The van der Waals surface area contributed by atoms with Crippen LogP contribution in [0.2, 0.25) is 5.02 Å². The van der Waals surface area contributed by atoms with Crippen LogP contribution in [0.4, 0.5) is 18.9 Å². The Morgan fingerprint density at radius 3 is 2.29 bits per heavy atom. The number of rotatable bonds is 3. The van der Waals surface area contributed by atoms with Crippen LogP contribution in [0.15, 0.2) is 73.1 Å². The molecule has 0 radical (unpaired) electrons.